The van der Waals surface area contributed by atoms with Crippen LogP contribution in [0.4, 0.5) is 0 Å². The predicted molar refractivity (Wildman–Crippen MR) is 84.8 cm³/mol. The van der Waals surface area contributed by atoms with E-state index in [1.807, 2.05) is 17.0 Å². The maximum atomic E-state index is 12.4. The fraction of sp³-hybridized carbons (Fsp3) is 0.562. The smallest absolute Gasteiger partial charge is 0.260 e. The zero-order valence-electron chi connectivity index (χ0n) is 12.6. The minimum Gasteiger partial charge on any atom is -0.484 e. The fourth-order valence-corrected chi connectivity index (χ4v) is 2.77. The molecular weight excluding hydrogens is 288 g/mol. The highest BCUT2D eigenvalue weighted by Crippen LogP contribution is 2.18. The van der Waals surface area contributed by atoms with E-state index in [0.29, 0.717) is 16.8 Å². The molecule has 1 amide bonds. The van der Waals surface area contributed by atoms with Gasteiger partial charge in [0.1, 0.15) is 5.75 Å². The Kier molecular flexibility index (Phi) is 5.88. The van der Waals surface area contributed by atoms with Gasteiger partial charge in [-0.25, -0.2) is 0 Å². The van der Waals surface area contributed by atoms with Crippen LogP contribution in [0.2, 0.25) is 5.02 Å². The molecule has 4 nitrogen and oxygen atoms in total. The van der Waals surface area contributed by atoms with Crippen molar-refractivity contribution in [3.05, 3.63) is 29.3 Å². The Balaban J connectivity index is 1.94. The number of hydrogen-bond acceptors (Lipinski definition) is 3. The van der Waals surface area contributed by atoms with Gasteiger partial charge in [0, 0.05) is 30.2 Å². The summed E-state index contributed by atoms with van der Waals surface area (Å²) in [5.41, 5.74) is 0. The van der Waals surface area contributed by atoms with Gasteiger partial charge in [-0.15, -0.1) is 0 Å². The number of rotatable bonds is 5. The Morgan fingerprint density at radius 2 is 2.24 bits per heavy atom. The number of nitrogens with one attached hydrogen (secondary N) is 1. The van der Waals surface area contributed by atoms with Crippen LogP contribution in [0.5, 0.6) is 5.75 Å². The highest BCUT2D eigenvalue weighted by molar-refractivity contribution is 6.30. The van der Waals surface area contributed by atoms with Crippen molar-refractivity contribution >= 4 is 17.5 Å². The van der Waals surface area contributed by atoms with E-state index in [1.54, 1.807) is 12.1 Å². The Bertz CT molecular complexity index is 481. The topological polar surface area (TPSA) is 41.6 Å². The summed E-state index contributed by atoms with van der Waals surface area (Å²) in [7, 11) is 0. The number of piperazine rings is 1. The van der Waals surface area contributed by atoms with Crippen LogP contribution in [0.25, 0.3) is 0 Å². The zero-order valence-corrected chi connectivity index (χ0v) is 13.4. The molecule has 0 spiro atoms. The van der Waals surface area contributed by atoms with Crippen molar-refractivity contribution in [3.8, 4) is 5.75 Å². The minimum absolute atomic E-state index is 0.0433. The molecule has 2 rings (SSSR count). The van der Waals surface area contributed by atoms with Gasteiger partial charge < -0.3 is 15.0 Å². The summed E-state index contributed by atoms with van der Waals surface area (Å²) in [4.78, 5) is 14.4. The third-order valence-corrected chi connectivity index (χ3v) is 4.18. The second kappa shape index (κ2) is 7.66. The van der Waals surface area contributed by atoms with Gasteiger partial charge in [0.15, 0.2) is 6.61 Å². The number of carbonyl (C=O) groups excluding carboxylic acids is 1. The molecule has 21 heavy (non-hydrogen) atoms. The number of halogens is 1. The first kappa shape index (κ1) is 16.1. The van der Waals surface area contributed by atoms with E-state index in [2.05, 4.69) is 19.2 Å². The van der Waals surface area contributed by atoms with Crippen molar-refractivity contribution in [3.63, 3.8) is 0 Å². The Labute approximate surface area is 131 Å². The summed E-state index contributed by atoms with van der Waals surface area (Å²) < 4.78 is 5.57. The Hall–Kier alpha value is -1.26. The molecule has 1 saturated heterocycles. The van der Waals surface area contributed by atoms with Gasteiger partial charge in [-0.05, 0) is 31.0 Å². The van der Waals surface area contributed by atoms with E-state index >= 15 is 0 Å². The standard InChI is InChI=1S/C16H23ClN2O2/c1-3-13-10-19(14(4-2)9-18-13)16(20)11-21-15-7-5-6-12(17)8-15/h5-8,13-14,18H,3-4,9-11H2,1-2H3. The van der Waals surface area contributed by atoms with Crippen LogP contribution in [0, 0.1) is 0 Å². The van der Waals surface area contributed by atoms with E-state index in [4.69, 9.17) is 16.3 Å². The number of carbonyl (C=O) groups is 1. The number of amides is 1. The first-order valence-corrected chi connectivity index (χ1v) is 7.93. The molecule has 5 heteroatoms. The molecule has 116 valence electrons. The molecule has 2 unspecified atom stereocenters. The van der Waals surface area contributed by atoms with Crippen LogP contribution >= 0.6 is 11.6 Å². The normalized spacial score (nSPS) is 22.1. The fourth-order valence-electron chi connectivity index (χ4n) is 2.59. The molecule has 0 aromatic heterocycles. The molecule has 1 aromatic carbocycles. The summed E-state index contributed by atoms with van der Waals surface area (Å²) in [6.45, 7) is 5.92. The van der Waals surface area contributed by atoms with E-state index in [0.717, 1.165) is 25.9 Å². The largest absolute Gasteiger partial charge is 0.484 e. The first-order chi connectivity index (χ1) is 10.1. The molecular formula is C16H23ClN2O2. The summed E-state index contributed by atoms with van der Waals surface area (Å²) in [5.74, 6) is 0.674. The summed E-state index contributed by atoms with van der Waals surface area (Å²) >= 11 is 5.91. The molecule has 0 radical (unpaired) electrons. The van der Waals surface area contributed by atoms with Crippen molar-refractivity contribution in [2.24, 2.45) is 0 Å². The molecule has 2 atom stereocenters. The van der Waals surface area contributed by atoms with Gasteiger partial charge in [0.2, 0.25) is 0 Å². The average molecular weight is 311 g/mol. The number of nitrogens with zero attached hydrogens (tertiary/aromatic N) is 1. The maximum Gasteiger partial charge on any atom is 0.260 e. The van der Waals surface area contributed by atoms with Crippen LogP contribution in [0.15, 0.2) is 24.3 Å². The van der Waals surface area contributed by atoms with Gasteiger partial charge in [-0.3, -0.25) is 4.79 Å². The van der Waals surface area contributed by atoms with Crippen molar-refractivity contribution in [2.45, 2.75) is 38.8 Å². The van der Waals surface area contributed by atoms with E-state index in [9.17, 15) is 4.79 Å². The molecule has 1 aliphatic heterocycles. The molecule has 0 bridgehead atoms. The lowest BCUT2D eigenvalue weighted by Crippen LogP contribution is -2.58. The number of hydrogen-bond donors (Lipinski definition) is 1. The average Bonchev–Trinajstić information content (AvgIpc) is 2.52. The second-order valence-corrected chi connectivity index (χ2v) is 5.80. The van der Waals surface area contributed by atoms with Crippen LogP contribution in [-0.4, -0.2) is 42.6 Å². The number of benzene rings is 1. The van der Waals surface area contributed by atoms with Crippen LogP contribution in [0.1, 0.15) is 26.7 Å². The summed E-state index contributed by atoms with van der Waals surface area (Å²) in [6.07, 6.45) is 1.97. The van der Waals surface area contributed by atoms with Gasteiger partial charge in [-0.1, -0.05) is 31.5 Å². The van der Waals surface area contributed by atoms with Crippen LogP contribution < -0.4 is 10.1 Å². The molecule has 1 aliphatic rings. The van der Waals surface area contributed by atoms with Gasteiger partial charge >= 0.3 is 0 Å². The predicted octanol–water partition coefficient (Wildman–Crippen LogP) is 2.71. The molecule has 1 heterocycles. The highest BCUT2D eigenvalue weighted by atomic mass is 35.5. The third kappa shape index (κ3) is 4.35. The molecule has 1 fully saturated rings. The maximum absolute atomic E-state index is 12.4. The third-order valence-electron chi connectivity index (χ3n) is 3.94. The van der Waals surface area contributed by atoms with Gasteiger partial charge in [0.25, 0.3) is 5.91 Å². The molecule has 0 aliphatic carbocycles. The second-order valence-electron chi connectivity index (χ2n) is 5.37. The quantitative estimate of drug-likeness (QED) is 0.909. The van der Waals surface area contributed by atoms with Crippen molar-refractivity contribution in [1.29, 1.82) is 0 Å². The first-order valence-electron chi connectivity index (χ1n) is 7.55. The minimum atomic E-state index is 0.0433. The summed E-state index contributed by atoms with van der Waals surface area (Å²) in [6, 6.07) is 7.76. The lowest BCUT2D eigenvalue weighted by Gasteiger charge is -2.39. The Morgan fingerprint density at radius 3 is 2.90 bits per heavy atom. The molecule has 0 saturated carbocycles. The zero-order chi connectivity index (χ0) is 15.2. The lowest BCUT2D eigenvalue weighted by molar-refractivity contribution is -0.137. The Morgan fingerprint density at radius 1 is 1.43 bits per heavy atom. The van der Waals surface area contributed by atoms with Crippen molar-refractivity contribution in [1.82, 2.24) is 10.2 Å². The van der Waals surface area contributed by atoms with E-state index < -0.39 is 0 Å². The van der Waals surface area contributed by atoms with Crippen LogP contribution in [0.3, 0.4) is 0 Å². The van der Waals surface area contributed by atoms with Gasteiger partial charge in [-0.2, -0.15) is 0 Å². The van der Waals surface area contributed by atoms with Gasteiger partial charge in [0.05, 0.1) is 0 Å². The lowest BCUT2D eigenvalue weighted by atomic mass is 10.1. The van der Waals surface area contributed by atoms with Crippen molar-refractivity contribution in [2.75, 3.05) is 19.7 Å². The number of ether oxygens (including phenoxy) is 1. The van der Waals surface area contributed by atoms with Crippen LogP contribution in [-0.2, 0) is 4.79 Å². The van der Waals surface area contributed by atoms with Crippen molar-refractivity contribution < 1.29 is 9.53 Å². The highest BCUT2D eigenvalue weighted by Gasteiger charge is 2.29. The molecule has 1 N–H and O–H groups in total. The summed E-state index contributed by atoms with van der Waals surface area (Å²) in [5, 5.41) is 4.09. The monoisotopic (exact) mass is 310 g/mol. The SMILES string of the molecule is CCC1CN(C(=O)COc2cccc(Cl)c2)C(CC)CN1. The van der Waals surface area contributed by atoms with E-state index in [-0.39, 0.29) is 18.6 Å². The van der Waals surface area contributed by atoms with E-state index in [1.165, 1.54) is 0 Å². The molecule has 1 aromatic rings.